The second kappa shape index (κ2) is 3.17. The Kier molecular flexibility index (Phi) is 2.65. The molecule has 0 radical (unpaired) electrons. The molecule has 0 aromatic carbocycles. The van der Waals surface area contributed by atoms with Gasteiger partial charge in [-0.25, -0.2) is 8.78 Å². The van der Waals surface area contributed by atoms with E-state index in [9.17, 15) is 8.78 Å². The minimum atomic E-state index is -2.32. The fourth-order valence-electron chi connectivity index (χ4n) is 2.12. The second-order valence-electron chi connectivity index (χ2n) is 4.64. The van der Waals surface area contributed by atoms with Gasteiger partial charge in [0.05, 0.1) is 6.61 Å². The van der Waals surface area contributed by atoms with Crippen molar-refractivity contribution in [3.8, 4) is 0 Å². The summed E-state index contributed by atoms with van der Waals surface area (Å²) in [4.78, 5) is 1.82. The van der Waals surface area contributed by atoms with Crippen LogP contribution >= 0.6 is 0 Å². The third kappa shape index (κ3) is 1.70. The SMILES string of the molecule is CN1CC(C)(C(F)F)C[C@@]1(C)CO. The topological polar surface area (TPSA) is 23.5 Å². The third-order valence-electron chi connectivity index (χ3n) is 3.17. The summed E-state index contributed by atoms with van der Waals surface area (Å²) in [6.07, 6.45) is -1.96. The van der Waals surface area contributed by atoms with Crippen molar-refractivity contribution in [3.63, 3.8) is 0 Å². The van der Waals surface area contributed by atoms with Crippen molar-refractivity contribution in [1.82, 2.24) is 4.90 Å². The summed E-state index contributed by atoms with van der Waals surface area (Å²) in [5, 5.41) is 9.12. The highest BCUT2D eigenvalue weighted by molar-refractivity contribution is 5.01. The first kappa shape index (κ1) is 10.9. The molecule has 1 rings (SSSR count). The Labute approximate surface area is 77.5 Å². The first-order chi connectivity index (χ1) is 5.84. The van der Waals surface area contributed by atoms with Gasteiger partial charge >= 0.3 is 0 Å². The van der Waals surface area contributed by atoms with E-state index in [4.69, 9.17) is 5.11 Å². The monoisotopic (exact) mass is 193 g/mol. The van der Waals surface area contributed by atoms with E-state index in [-0.39, 0.29) is 6.61 Å². The summed E-state index contributed by atoms with van der Waals surface area (Å²) in [5.41, 5.74) is -1.45. The smallest absolute Gasteiger partial charge is 0.245 e. The number of likely N-dealkylation sites (tertiary alicyclic amines) is 1. The summed E-state index contributed by atoms with van der Waals surface area (Å²) in [5.74, 6) is 0. The molecule has 1 aliphatic heterocycles. The van der Waals surface area contributed by atoms with E-state index < -0.39 is 17.4 Å². The molecule has 4 heteroatoms. The van der Waals surface area contributed by atoms with Gasteiger partial charge in [-0.2, -0.15) is 0 Å². The maximum atomic E-state index is 12.7. The van der Waals surface area contributed by atoms with E-state index in [1.807, 2.05) is 11.8 Å². The molecule has 1 fully saturated rings. The number of likely N-dealkylation sites (N-methyl/N-ethyl adjacent to an activating group) is 1. The molecule has 78 valence electrons. The maximum Gasteiger partial charge on any atom is 0.245 e. The number of aliphatic hydroxyl groups is 1. The van der Waals surface area contributed by atoms with Gasteiger partial charge in [-0.1, -0.05) is 6.92 Å². The Hall–Kier alpha value is -0.220. The molecule has 1 aliphatic rings. The zero-order valence-corrected chi connectivity index (χ0v) is 8.35. The molecular formula is C9H17F2NO. The molecular weight excluding hydrogens is 176 g/mol. The molecule has 0 saturated carbocycles. The van der Waals surface area contributed by atoms with Crippen LogP contribution in [0.1, 0.15) is 20.3 Å². The molecule has 0 aliphatic carbocycles. The van der Waals surface area contributed by atoms with Gasteiger partial charge in [-0.05, 0) is 20.4 Å². The Balaban J connectivity index is 2.80. The first-order valence-corrected chi connectivity index (χ1v) is 4.44. The van der Waals surface area contributed by atoms with Gasteiger partial charge in [0.25, 0.3) is 0 Å². The van der Waals surface area contributed by atoms with Crippen molar-refractivity contribution in [2.75, 3.05) is 20.2 Å². The van der Waals surface area contributed by atoms with Crippen LogP contribution in [-0.2, 0) is 0 Å². The predicted molar refractivity (Wildman–Crippen MR) is 46.8 cm³/mol. The lowest BCUT2D eigenvalue weighted by Crippen LogP contribution is -2.41. The zero-order valence-electron chi connectivity index (χ0n) is 8.35. The van der Waals surface area contributed by atoms with Crippen molar-refractivity contribution in [2.45, 2.75) is 32.2 Å². The lowest BCUT2D eigenvalue weighted by molar-refractivity contribution is 0.0131. The Morgan fingerprint density at radius 3 is 2.23 bits per heavy atom. The molecule has 0 aromatic rings. The Morgan fingerprint density at radius 1 is 1.46 bits per heavy atom. The van der Waals surface area contributed by atoms with Crippen LogP contribution < -0.4 is 0 Å². The van der Waals surface area contributed by atoms with Gasteiger partial charge in [0, 0.05) is 17.5 Å². The van der Waals surface area contributed by atoms with Crippen molar-refractivity contribution in [1.29, 1.82) is 0 Å². The minimum absolute atomic E-state index is 0.0637. The van der Waals surface area contributed by atoms with Crippen LogP contribution in [0.2, 0.25) is 0 Å². The summed E-state index contributed by atoms with van der Waals surface area (Å²) in [7, 11) is 1.78. The summed E-state index contributed by atoms with van der Waals surface area (Å²) >= 11 is 0. The molecule has 0 amide bonds. The molecule has 1 unspecified atom stereocenters. The van der Waals surface area contributed by atoms with Crippen LogP contribution in [0.3, 0.4) is 0 Å². The maximum absolute atomic E-state index is 12.7. The average Bonchev–Trinajstić information content (AvgIpc) is 2.25. The molecule has 13 heavy (non-hydrogen) atoms. The summed E-state index contributed by atoms with van der Waals surface area (Å²) < 4.78 is 25.3. The lowest BCUT2D eigenvalue weighted by Gasteiger charge is -2.29. The number of rotatable bonds is 2. The molecule has 0 aromatic heterocycles. The van der Waals surface area contributed by atoms with Crippen LogP contribution in [0.5, 0.6) is 0 Å². The van der Waals surface area contributed by atoms with E-state index >= 15 is 0 Å². The first-order valence-electron chi connectivity index (χ1n) is 4.44. The zero-order chi connectivity index (χ0) is 10.3. The molecule has 2 atom stereocenters. The predicted octanol–water partition coefficient (Wildman–Crippen LogP) is 1.34. The Morgan fingerprint density at radius 2 is 2.00 bits per heavy atom. The van der Waals surface area contributed by atoms with Crippen LogP contribution in [0, 0.1) is 5.41 Å². The van der Waals surface area contributed by atoms with Crippen LogP contribution in [0.25, 0.3) is 0 Å². The molecule has 1 N–H and O–H groups in total. The molecule has 2 nitrogen and oxygen atoms in total. The standard InChI is InChI=1S/C9H17F2NO/c1-8(7(10)11)4-9(2,6-13)12(3)5-8/h7,13H,4-6H2,1-3H3/t8?,9-/m0/s1. The summed E-state index contributed by atoms with van der Waals surface area (Å²) in [6, 6.07) is 0. The van der Waals surface area contributed by atoms with Gasteiger partial charge in [-0.3, -0.25) is 4.90 Å². The highest BCUT2D eigenvalue weighted by Gasteiger charge is 2.50. The van der Waals surface area contributed by atoms with Gasteiger partial charge in [0.1, 0.15) is 0 Å². The van der Waals surface area contributed by atoms with E-state index in [0.29, 0.717) is 13.0 Å². The lowest BCUT2D eigenvalue weighted by atomic mass is 9.84. The number of alkyl halides is 2. The fraction of sp³-hybridized carbons (Fsp3) is 1.00. The van der Waals surface area contributed by atoms with E-state index in [0.717, 1.165) is 0 Å². The molecule has 1 saturated heterocycles. The normalized spacial score (nSPS) is 41.8. The second-order valence-corrected chi connectivity index (χ2v) is 4.64. The number of aliphatic hydroxyl groups excluding tert-OH is 1. The van der Waals surface area contributed by atoms with E-state index in [1.54, 1.807) is 14.0 Å². The summed E-state index contributed by atoms with van der Waals surface area (Å²) in [6.45, 7) is 3.68. The molecule has 0 bridgehead atoms. The van der Waals surface area contributed by atoms with Crippen molar-refractivity contribution in [3.05, 3.63) is 0 Å². The molecule has 1 heterocycles. The van der Waals surface area contributed by atoms with Crippen molar-refractivity contribution >= 4 is 0 Å². The van der Waals surface area contributed by atoms with Gasteiger partial charge in [0.2, 0.25) is 6.43 Å². The van der Waals surface area contributed by atoms with Crippen LogP contribution in [-0.4, -0.2) is 42.2 Å². The third-order valence-corrected chi connectivity index (χ3v) is 3.17. The van der Waals surface area contributed by atoms with Crippen LogP contribution in [0.15, 0.2) is 0 Å². The Bertz CT molecular complexity index is 200. The fourth-order valence-corrected chi connectivity index (χ4v) is 2.12. The number of hydrogen-bond acceptors (Lipinski definition) is 2. The largest absolute Gasteiger partial charge is 0.394 e. The average molecular weight is 193 g/mol. The minimum Gasteiger partial charge on any atom is -0.394 e. The van der Waals surface area contributed by atoms with Crippen molar-refractivity contribution in [2.24, 2.45) is 5.41 Å². The number of nitrogens with zero attached hydrogens (tertiary/aromatic N) is 1. The highest BCUT2D eigenvalue weighted by Crippen LogP contribution is 2.43. The van der Waals surface area contributed by atoms with Crippen molar-refractivity contribution < 1.29 is 13.9 Å². The van der Waals surface area contributed by atoms with Crippen LogP contribution in [0.4, 0.5) is 8.78 Å². The number of halogens is 2. The van der Waals surface area contributed by atoms with E-state index in [1.165, 1.54) is 0 Å². The van der Waals surface area contributed by atoms with Gasteiger partial charge in [-0.15, -0.1) is 0 Å². The van der Waals surface area contributed by atoms with Gasteiger partial charge < -0.3 is 5.11 Å². The highest BCUT2D eigenvalue weighted by atomic mass is 19.3. The van der Waals surface area contributed by atoms with Gasteiger partial charge in [0.15, 0.2) is 0 Å². The number of hydrogen-bond donors (Lipinski definition) is 1. The quantitative estimate of drug-likeness (QED) is 0.715. The molecule has 0 spiro atoms. The van der Waals surface area contributed by atoms with E-state index in [2.05, 4.69) is 0 Å².